The summed E-state index contributed by atoms with van der Waals surface area (Å²) in [6.07, 6.45) is 0.874. The average molecular weight is 199 g/mol. The van der Waals surface area contributed by atoms with Gasteiger partial charge in [0.25, 0.3) is 0 Å². The van der Waals surface area contributed by atoms with Gasteiger partial charge in [-0.15, -0.1) is 0 Å². The molecule has 1 heterocycles. The van der Waals surface area contributed by atoms with Gasteiger partial charge in [0.2, 0.25) is 5.91 Å². The van der Waals surface area contributed by atoms with Gasteiger partial charge in [-0.1, -0.05) is 13.8 Å². The van der Waals surface area contributed by atoms with Gasteiger partial charge in [0.05, 0.1) is 7.11 Å². The number of nitrogens with one attached hydrogen (secondary N) is 1. The molecule has 1 rings (SSSR count). The van der Waals surface area contributed by atoms with E-state index in [1.165, 1.54) is 7.11 Å². The third-order valence-electron chi connectivity index (χ3n) is 2.52. The normalized spacial score (nSPS) is 26.4. The molecule has 0 aromatic rings. The first-order valence-corrected chi connectivity index (χ1v) is 4.91. The minimum absolute atomic E-state index is 0.0925. The van der Waals surface area contributed by atoms with Gasteiger partial charge >= 0.3 is 5.97 Å². The lowest BCUT2D eigenvalue weighted by atomic mass is 9.88. The number of ether oxygens (including phenoxy) is 1. The monoisotopic (exact) mass is 199 g/mol. The molecule has 0 aliphatic carbocycles. The van der Waals surface area contributed by atoms with Gasteiger partial charge in [0.15, 0.2) is 0 Å². The van der Waals surface area contributed by atoms with Crippen LogP contribution in [-0.2, 0) is 14.3 Å². The van der Waals surface area contributed by atoms with Crippen molar-refractivity contribution in [2.75, 3.05) is 13.7 Å². The Morgan fingerprint density at radius 3 is 2.79 bits per heavy atom. The molecular formula is C10H17NO3. The molecule has 0 aromatic carbocycles. The quantitative estimate of drug-likeness (QED) is 0.534. The van der Waals surface area contributed by atoms with Crippen molar-refractivity contribution in [1.82, 2.24) is 5.32 Å². The topological polar surface area (TPSA) is 55.4 Å². The lowest BCUT2D eigenvalue weighted by Crippen LogP contribution is -2.29. The van der Waals surface area contributed by atoms with Crippen LogP contribution in [0.5, 0.6) is 0 Å². The molecule has 0 unspecified atom stereocenters. The second kappa shape index (κ2) is 4.44. The van der Waals surface area contributed by atoms with E-state index in [9.17, 15) is 9.59 Å². The fourth-order valence-electron chi connectivity index (χ4n) is 1.92. The summed E-state index contributed by atoms with van der Waals surface area (Å²) < 4.78 is 4.62. The van der Waals surface area contributed by atoms with Crippen LogP contribution in [-0.4, -0.2) is 25.5 Å². The first kappa shape index (κ1) is 11.0. The summed E-state index contributed by atoms with van der Waals surface area (Å²) >= 11 is 0. The minimum Gasteiger partial charge on any atom is -0.468 e. The van der Waals surface area contributed by atoms with Gasteiger partial charge in [-0.05, 0) is 18.3 Å². The summed E-state index contributed by atoms with van der Waals surface area (Å²) in [5.41, 5.74) is 0. The van der Waals surface area contributed by atoms with Crippen LogP contribution in [0.4, 0.5) is 0 Å². The summed E-state index contributed by atoms with van der Waals surface area (Å²) in [6, 6.07) is 0. The molecule has 1 amide bonds. The number of carbonyl (C=O) groups excluding carboxylic acids is 2. The zero-order chi connectivity index (χ0) is 10.7. The van der Waals surface area contributed by atoms with Crippen LogP contribution >= 0.6 is 0 Å². The Kier molecular flexibility index (Phi) is 3.49. The maximum atomic E-state index is 11.4. The Hall–Kier alpha value is -1.06. The van der Waals surface area contributed by atoms with Crippen LogP contribution in [0.15, 0.2) is 0 Å². The molecule has 4 heteroatoms. The summed E-state index contributed by atoms with van der Waals surface area (Å²) in [4.78, 5) is 22.7. The van der Waals surface area contributed by atoms with Crippen LogP contribution in [0.3, 0.4) is 0 Å². The van der Waals surface area contributed by atoms with Gasteiger partial charge in [-0.2, -0.15) is 0 Å². The van der Waals surface area contributed by atoms with Crippen molar-refractivity contribution >= 4 is 11.9 Å². The number of rotatable bonds is 3. The fourth-order valence-corrected chi connectivity index (χ4v) is 1.92. The molecule has 0 saturated carbocycles. The first-order valence-electron chi connectivity index (χ1n) is 4.91. The molecule has 1 fully saturated rings. The van der Waals surface area contributed by atoms with Crippen LogP contribution in [0, 0.1) is 17.8 Å². The first-order chi connectivity index (χ1) is 6.56. The van der Waals surface area contributed by atoms with Crippen molar-refractivity contribution in [3.63, 3.8) is 0 Å². The predicted octanol–water partition coefficient (Wildman–Crippen LogP) is 0.568. The van der Waals surface area contributed by atoms with Gasteiger partial charge in [-0.25, -0.2) is 0 Å². The van der Waals surface area contributed by atoms with E-state index in [0.29, 0.717) is 12.5 Å². The number of amides is 1. The van der Waals surface area contributed by atoms with Crippen molar-refractivity contribution in [2.45, 2.75) is 20.3 Å². The zero-order valence-electron chi connectivity index (χ0n) is 8.87. The number of esters is 1. The molecule has 0 aromatic heterocycles. The Bertz CT molecular complexity index is 238. The molecule has 1 N–H and O–H groups in total. The van der Waals surface area contributed by atoms with E-state index in [4.69, 9.17) is 0 Å². The average Bonchev–Trinajstić information content (AvgIpc) is 2.45. The summed E-state index contributed by atoms with van der Waals surface area (Å²) in [5.74, 6) is -0.620. The Morgan fingerprint density at radius 2 is 2.29 bits per heavy atom. The molecule has 2 atom stereocenters. The molecule has 0 radical (unpaired) electrons. The maximum absolute atomic E-state index is 11.4. The third-order valence-corrected chi connectivity index (χ3v) is 2.52. The van der Waals surface area contributed by atoms with Gasteiger partial charge in [-0.3, -0.25) is 9.59 Å². The van der Waals surface area contributed by atoms with E-state index >= 15 is 0 Å². The maximum Gasteiger partial charge on any atom is 0.318 e. The number of carbonyl (C=O) groups is 2. The van der Waals surface area contributed by atoms with Crippen LogP contribution in [0.25, 0.3) is 0 Å². The van der Waals surface area contributed by atoms with Crippen molar-refractivity contribution in [3.05, 3.63) is 0 Å². The van der Waals surface area contributed by atoms with Crippen LogP contribution in [0.2, 0.25) is 0 Å². The molecule has 1 saturated heterocycles. The number of hydrogen-bond donors (Lipinski definition) is 1. The molecule has 0 spiro atoms. The highest BCUT2D eigenvalue weighted by molar-refractivity contribution is 5.99. The van der Waals surface area contributed by atoms with E-state index in [0.717, 1.165) is 6.42 Å². The molecular weight excluding hydrogens is 182 g/mol. The zero-order valence-corrected chi connectivity index (χ0v) is 8.87. The van der Waals surface area contributed by atoms with E-state index in [1.54, 1.807) is 0 Å². The molecule has 80 valence electrons. The van der Waals surface area contributed by atoms with Crippen molar-refractivity contribution in [2.24, 2.45) is 17.8 Å². The lowest BCUT2D eigenvalue weighted by molar-refractivity contribution is -0.150. The highest BCUT2D eigenvalue weighted by Gasteiger charge is 2.40. The van der Waals surface area contributed by atoms with Crippen molar-refractivity contribution in [3.8, 4) is 0 Å². The number of hydrogen-bond acceptors (Lipinski definition) is 3. The molecule has 14 heavy (non-hydrogen) atoms. The van der Waals surface area contributed by atoms with Crippen molar-refractivity contribution < 1.29 is 14.3 Å². The highest BCUT2D eigenvalue weighted by atomic mass is 16.5. The highest BCUT2D eigenvalue weighted by Crippen LogP contribution is 2.25. The van der Waals surface area contributed by atoms with Crippen LogP contribution < -0.4 is 5.32 Å². The third kappa shape index (κ3) is 2.25. The summed E-state index contributed by atoms with van der Waals surface area (Å²) in [6.45, 7) is 4.76. The van der Waals surface area contributed by atoms with Crippen LogP contribution in [0.1, 0.15) is 20.3 Å². The Morgan fingerprint density at radius 1 is 1.64 bits per heavy atom. The summed E-state index contributed by atoms with van der Waals surface area (Å²) in [7, 11) is 1.32. The Balaban J connectivity index is 2.66. The van der Waals surface area contributed by atoms with Gasteiger partial charge < -0.3 is 10.1 Å². The SMILES string of the molecule is COC(=O)[C@@H]1C(=O)NC[C@@H]1CC(C)C. The second-order valence-corrected chi connectivity index (χ2v) is 4.14. The van der Waals surface area contributed by atoms with E-state index in [2.05, 4.69) is 23.9 Å². The smallest absolute Gasteiger partial charge is 0.318 e. The Labute approximate surface area is 84.0 Å². The molecule has 4 nitrogen and oxygen atoms in total. The van der Waals surface area contributed by atoms with Gasteiger partial charge in [0.1, 0.15) is 5.92 Å². The summed E-state index contributed by atoms with van der Waals surface area (Å²) in [5, 5.41) is 2.70. The molecule has 1 aliphatic rings. The largest absolute Gasteiger partial charge is 0.468 e. The van der Waals surface area contributed by atoms with E-state index in [1.807, 2.05) is 0 Å². The van der Waals surface area contributed by atoms with E-state index in [-0.39, 0.29) is 11.8 Å². The second-order valence-electron chi connectivity index (χ2n) is 4.14. The standard InChI is InChI=1S/C10H17NO3/c1-6(2)4-7-5-11-9(12)8(7)10(13)14-3/h6-8H,4-5H2,1-3H3,(H,11,12)/t7-,8-/m0/s1. The number of methoxy groups -OCH3 is 1. The predicted molar refractivity (Wildman–Crippen MR) is 51.5 cm³/mol. The lowest BCUT2D eigenvalue weighted by Gasteiger charge is -2.16. The van der Waals surface area contributed by atoms with Gasteiger partial charge in [0, 0.05) is 6.54 Å². The molecule has 1 aliphatic heterocycles. The van der Waals surface area contributed by atoms with E-state index < -0.39 is 11.9 Å². The minimum atomic E-state index is -0.595. The van der Waals surface area contributed by atoms with Crippen molar-refractivity contribution in [1.29, 1.82) is 0 Å². The fraction of sp³-hybridized carbons (Fsp3) is 0.800. The molecule has 0 bridgehead atoms.